The van der Waals surface area contributed by atoms with Gasteiger partial charge in [-0.1, -0.05) is 0 Å². The Morgan fingerprint density at radius 3 is 2.71 bits per heavy atom. The molecule has 1 aromatic carbocycles. The van der Waals surface area contributed by atoms with Crippen LogP contribution in [0.4, 0.5) is 0 Å². The second-order valence-corrected chi connectivity index (χ2v) is 3.78. The van der Waals surface area contributed by atoms with Crippen LogP contribution >= 0.6 is 12.6 Å². The molecule has 2 aromatic rings. The van der Waals surface area contributed by atoms with Crippen LogP contribution in [0.3, 0.4) is 0 Å². The number of methoxy groups -OCH3 is 2. The lowest BCUT2D eigenvalue weighted by atomic mass is 10.1. The quantitative estimate of drug-likeness (QED) is 0.820. The fraction of sp³-hybridized carbons (Fsp3) is 0.250. The fourth-order valence-electron chi connectivity index (χ4n) is 1.60. The number of hydrogen-bond acceptors (Lipinski definition) is 4. The Morgan fingerprint density at radius 2 is 2.12 bits per heavy atom. The molecule has 0 atom stereocenters. The van der Waals surface area contributed by atoms with Crippen molar-refractivity contribution in [3.8, 4) is 22.8 Å². The first-order chi connectivity index (χ1) is 8.28. The van der Waals surface area contributed by atoms with Crippen LogP contribution in [0.1, 0.15) is 5.82 Å². The lowest BCUT2D eigenvalue weighted by Gasteiger charge is -2.08. The molecule has 0 saturated carbocycles. The number of thiol groups is 1. The van der Waals surface area contributed by atoms with E-state index in [-0.39, 0.29) is 0 Å². The SMILES string of the molecule is COc1ccc(OC)c(-c2cnc(CS)[nH]2)c1. The first kappa shape index (κ1) is 11.9. The summed E-state index contributed by atoms with van der Waals surface area (Å²) in [6, 6.07) is 5.64. The molecule has 0 aliphatic heterocycles. The smallest absolute Gasteiger partial charge is 0.128 e. The molecule has 0 fully saturated rings. The van der Waals surface area contributed by atoms with Gasteiger partial charge in [-0.15, -0.1) is 0 Å². The fourth-order valence-corrected chi connectivity index (χ4v) is 1.76. The standard InChI is InChI=1S/C12H14N2O2S/c1-15-8-3-4-11(16-2)9(5-8)10-6-13-12(7-17)14-10/h3-6,17H,7H2,1-2H3,(H,13,14). The highest BCUT2D eigenvalue weighted by atomic mass is 32.1. The van der Waals surface area contributed by atoms with Crippen molar-refractivity contribution < 1.29 is 9.47 Å². The third-order valence-electron chi connectivity index (χ3n) is 2.48. The molecule has 0 bridgehead atoms. The predicted octanol–water partition coefficient (Wildman–Crippen LogP) is 2.52. The molecule has 0 saturated heterocycles. The molecular weight excluding hydrogens is 236 g/mol. The Bertz CT molecular complexity index is 511. The van der Waals surface area contributed by atoms with Gasteiger partial charge in [0.05, 0.1) is 26.1 Å². The molecule has 1 heterocycles. The molecule has 90 valence electrons. The van der Waals surface area contributed by atoms with Gasteiger partial charge in [0, 0.05) is 11.3 Å². The molecule has 0 aliphatic rings. The number of nitrogens with zero attached hydrogens (tertiary/aromatic N) is 1. The van der Waals surface area contributed by atoms with Crippen molar-refractivity contribution in [2.75, 3.05) is 14.2 Å². The highest BCUT2D eigenvalue weighted by molar-refractivity contribution is 7.79. The van der Waals surface area contributed by atoms with Gasteiger partial charge in [0.25, 0.3) is 0 Å². The maximum atomic E-state index is 5.32. The molecule has 17 heavy (non-hydrogen) atoms. The van der Waals surface area contributed by atoms with Crippen molar-refractivity contribution >= 4 is 12.6 Å². The van der Waals surface area contributed by atoms with Gasteiger partial charge in [-0.3, -0.25) is 0 Å². The van der Waals surface area contributed by atoms with Crippen LogP contribution in [0, 0.1) is 0 Å². The summed E-state index contributed by atoms with van der Waals surface area (Å²) in [5.41, 5.74) is 1.82. The number of aromatic nitrogens is 2. The van der Waals surface area contributed by atoms with Crippen molar-refractivity contribution in [1.29, 1.82) is 0 Å². The average Bonchev–Trinajstić information content (AvgIpc) is 2.86. The molecule has 2 rings (SSSR count). The predicted molar refractivity (Wildman–Crippen MR) is 69.8 cm³/mol. The summed E-state index contributed by atoms with van der Waals surface area (Å²) in [6.07, 6.45) is 1.77. The number of H-pyrrole nitrogens is 1. The second-order valence-electron chi connectivity index (χ2n) is 3.47. The van der Waals surface area contributed by atoms with E-state index in [0.29, 0.717) is 5.75 Å². The molecule has 0 spiro atoms. The summed E-state index contributed by atoms with van der Waals surface area (Å²) in [7, 11) is 3.28. The first-order valence-electron chi connectivity index (χ1n) is 5.15. The summed E-state index contributed by atoms with van der Waals surface area (Å²) in [4.78, 5) is 7.40. The molecule has 0 radical (unpaired) electrons. The summed E-state index contributed by atoms with van der Waals surface area (Å²) in [5.74, 6) is 2.96. The van der Waals surface area contributed by atoms with E-state index in [2.05, 4.69) is 22.6 Å². The van der Waals surface area contributed by atoms with Crippen LogP contribution in [0.15, 0.2) is 24.4 Å². The largest absolute Gasteiger partial charge is 0.497 e. The van der Waals surface area contributed by atoms with Crippen LogP contribution in [0.2, 0.25) is 0 Å². The number of benzene rings is 1. The summed E-state index contributed by atoms with van der Waals surface area (Å²) in [5, 5.41) is 0. The third kappa shape index (κ3) is 2.39. The zero-order valence-electron chi connectivity index (χ0n) is 9.73. The van der Waals surface area contributed by atoms with Crippen molar-refractivity contribution in [3.63, 3.8) is 0 Å². The molecular formula is C12H14N2O2S. The molecule has 0 unspecified atom stereocenters. The van der Waals surface area contributed by atoms with E-state index in [4.69, 9.17) is 9.47 Å². The average molecular weight is 250 g/mol. The monoisotopic (exact) mass is 250 g/mol. The molecule has 4 nitrogen and oxygen atoms in total. The van der Waals surface area contributed by atoms with Gasteiger partial charge >= 0.3 is 0 Å². The highest BCUT2D eigenvalue weighted by Crippen LogP contribution is 2.32. The number of rotatable bonds is 4. The van der Waals surface area contributed by atoms with Crippen LogP contribution in [0.5, 0.6) is 11.5 Å². The Morgan fingerprint density at radius 1 is 1.29 bits per heavy atom. The van der Waals surface area contributed by atoms with E-state index in [9.17, 15) is 0 Å². The Hall–Kier alpha value is -1.62. The number of nitrogens with one attached hydrogen (secondary N) is 1. The summed E-state index contributed by atoms with van der Waals surface area (Å²) in [6.45, 7) is 0. The van der Waals surface area contributed by atoms with Gasteiger partial charge in [0.2, 0.25) is 0 Å². The number of imidazole rings is 1. The normalized spacial score (nSPS) is 10.3. The van der Waals surface area contributed by atoms with Crippen molar-refractivity contribution in [2.24, 2.45) is 0 Å². The Balaban J connectivity index is 2.47. The summed E-state index contributed by atoms with van der Waals surface area (Å²) < 4.78 is 10.5. The third-order valence-corrected chi connectivity index (χ3v) is 2.77. The number of ether oxygens (including phenoxy) is 2. The highest BCUT2D eigenvalue weighted by Gasteiger charge is 2.10. The van der Waals surface area contributed by atoms with Gasteiger partial charge in [-0.2, -0.15) is 12.6 Å². The van der Waals surface area contributed by atoms with E-state index < -0.39 is 0 Å². The minimum absolute atomic E-state index is 0.576. The van der Waals surface area contributed by atoms with E-state index in [1.165, 1.54) is 0 Å². The maximum Gasteiger partial charge on any atom is 0.128 e. The molecule has 5 heteroatoms. The molecule has 0 aliphatic carbocycles. The van der Waals surface area contributed by atoms with Gasteiger partial charge in [-0.05, 0) is 18.2 Å². The zero-order valence-corrected chi connectivity index (χ0v) is 10.6. The Labute approximate surface area is 105 Å². The van der Waals surface area contributed by atoms with Gasteiger partial charge in [0.15, 0.2) is 0 Å². The van der Waals surface area contributed by atoms with Crippen molar-refractivity contribution in [3.05, 3.63) is 30.2 Å². The van der Waals surface area contributed by atoms with Crippen molar-refractivity contribution in [2.45, 2.75) is 5.75 Å². The summed E-state index contributed by atoms with van der Waals surface area (Å²) >= 11 is 4.17. The van der Waals surface area contributed by atoms with E-state index >= 15 is 0 Å². The van der Waals surface area contributed by atoms with Crippen LogP contribution in [-0.4, -0.2) is 24.2 Å². The van der Waals surface area contributed by atoms with E-state index in [0.717, 1.165) is 28.6 Å². The minimum atomic E-state index is 0.576. The molecule has 0 amide bonds. The van der Waals surface area contributed by atoms with Crippen LogP contribution in [-0.2, 0) is 5.75 Å². The minimum Gasteiger partial charge on any atom is -0.497 e. The van der Waals surface area contributed by atoms with Crippen LogP contribution in [0.25, 0.3) is 11.3 Å². The Kier molecular flexibility index (Phi) is 3.58. The second kappa shape index (κ2) is 5.14. The topological polar surface area (TPSA) is 47.1 Å². The number of aromatic amines is 1. The van der Waals surface area contributed by atoms with Gasteiger partial charge < -0.3 is 14.5 Å². The van der Waals surface area contributed by atoms with Gasteiger partial charge in [-0.25, -0.2) is 4.98 Å². The van der Waals surface area contributed by atoms with Crippen LogP contribution < -0.4 is 9.47 Å². The van der Waals surface area contributed by atoms with E-state index in [1.807, 2.05) is 18.2 Å². The number of hydrogen-bond donors (Lipinski definition) is 2. The molecule has 1 N–H and O–H groups in total. The lowest BCUT2D eigenvalue weighted by Crippen LogP contribution is -1.90. The first-order valence-corrected chi connectivity index (χ1v) is 5.79. The maximum absolute atomic E-state index is 5.32. The van der Waals surface area contributed by atoms with E-state index in [1.54, 1.807) is 20.4 Å². The lowest BCUT2D eigenvalue weighted by molar-refractivity contribution is 0.404. The van der Waals surface area contributed by atoms with Crippen molar-refractivity contribution in [1.82, 2.24) is 9.97 Å². The molecule has 1 aromatic heterocycles. The van der Waals surface area contributed by atoms with Gasteiger partial charge in [0.1, 0.15) is 17.3 Å². The zero-order chi connectivity index (χ0) is 12.3.